The zero-order valence-corrected chi connectivity index (χ0v) is 23.3. The number of benzene rings is 1. The van der Waals surface area contributed by atoms with Gasteiger partial charge in [0.1, 0.15) is 18.5 Å². The van der Waals surface area contributed by atoms with Crippen molar-refractivity contribution < 1.29 is 15.1 Å². The minimum atomic E-state index is -0.526. The van der Waals surface area contributed by atoms with Gasteiger partial charge in [0, 0.05) is 24.9 Å². The fourth-order valence-corrected chi connectivity index (χ4v) is 4.27. The molecule has 4 N–H and O–H groups in total. The minimum Gasteiger partial charge on any atom is -0.392 e. The highest BCUT2D eigenvalue weighted by molar-refractivity contribution is 6.18. The molecule has 0 bridgehead atoms. The average Bonchev–Trinajstić information content (AvgIpc) is 2.85. The van der Waals surface area contributed by atoms with Crippen molar-refractivity contribution in [3.8, 4) is 0 Å². The molecule has 0 spiro atoms. The van der Waals surface area contributed by atoms with Crippen molar-refractivity contribution in [1.29, 1.82) is 0 Å². The van der Waals surface area contributed by atoms with Crippen molar-refractivity contribution in [2.45, 2.75) is 63.6 Å². The van der Waals surface area contributed by atoms with Crippen molar-refractivity contribution in [2.24, 2.45) is 10.9 Å². The highest BCUT2D eigenvalue weighted by atomic mass is 35.5. The van der Waals surface area contributed by atoms with E-state index in [0.29, 0.717) is 18.3 Å². The van der Waals surface area contributed by atoms with Crippen LogP contribution in [-0.4, -0.2) is 89.8 Å². The summed E-state index contributed by atoms with van der Waals surface area (Å²) >= 11 is 5.49. The maximum Gasteiger partial charge on any atom is 0.146 e. The van der Waals surface area contributed by atoms with Crippen molar-refractivity contribution >= 4 is 42.3 Å². The third-order valence-electron chi connectivity index (χ3n) is 6.19. The van der Waals surface area contributed by atoms with Crippen LogP contribution in [-0.2, 0) is 4.84 Å². The van der Waals surface area contributed by atoms with Crippen LogP contribution in [0, 0.1) is 0 Å². The third kappa shape index (κ3) is 14.5. The van der Waals surface area contributed by atoms with Gasteiger partial charge >= 0.3 is 0 Å². The monoisotopic (exact) mass is 554 g/mol. The second-order valence-corrected chi connectivity index (χ2v) is 9.44. The molecule has 0 aliphatic carbocycles. The van der Waals surface area contributed by atoms with Crippen molar-refractivity contribution in [3.05, 3.63) is 35.9 Å². The highest BCUT2D eigenvalue weighted by Gasteiger charge is 2.16. The van der Waals surface area contributed by atoms with Crippen molar-refractivity contribution in [2.75, 3.05) is 51.8 Å². The molecule has 1 aromatic rings. The molecule has 2 fully saturated rings. The fraction of sp³-hybridized carbons (Fsp3) is 0.720. The summed E-state index contributed by atoms with van der Waals surface area (Å²) in [4.78, 5) is 9.79. The summed E-state index contributed by atoms with van der Waals surface area (Å²) in [5.41, 5.74) is 7.05. The maximum absolute atomic E-state index is 9.99. The van der Waals surface area contributed by atoms with Crippen LogP contribution in [0.3, 0.4) is 0 Å². The number of piperidine rings is 2. The molecule has 2 saturated heterocycles. The largest absolute Gasteiger partial charge is 0.392 e. The lowest BCUT2D eigenvalue weighted by Crippen LogP contribution is -2.38. The molecular formula is C25H45Cl3N4O3. The van der Waals surface area contributed by atoms with E-state index in [9.17, 15) is 10.2 Å². The predicted molar refractivity (Wildman–Crippen MR) is 150 cm³/mol. The number of hydrogen-bond acceptors (Lipinski definition) is 6. The number of oxime groups is 1. The Balaban J connectivity index is 0.000000757. The first kappa shape index (κ1) is 34.2. The number of alkyl halides is 1. The van der Waals surface area contributed by atoms with Crippen LogP contribution >= 0.6 is 36.4 Å². The molecule has 10 heteroatoms. The second-order valence-electron chi connectivity index (χ2n) is 9.13. The number of nitrogens with two attached hydrogens (primary N) is 1. The molecule has 0 radical (unpaired) electrons. The Morgan fingerprint density at radius 3 is 1.89 bits per heavy atom. The van der Waals surface area contributed by atoms with E-state index in [1.165, 1.54) is 38.5 Å². The maximum atomic E-state index is 9.99. The smallest absolute Gasteiger partial charge is 0.146 e. The number of amidine groups is 1. The molecule has 0 amide bonds. The first-order valence-electron chi connectivity index (χ1n) is 12.4. The van der Waals surface area contributed by atoms with E-state index in [1.54, 1.807) is 0 Å². The van der Waals surface area contributed by atoms with Gasteiger partial charge in [0.2, 0.25) is 0 Å². The van der Waals surface area contributed by atoms with Gasteiger partial charge in [-0.25, -0.2) is 0 Å². The van der Waals surface area contributed by atoms with Crippen LogP contribution in [0.25, 0.3) is 0 Å². The van der Waals surface area contributed by atoms with Crippen molar-refractivity contribution in [1.82, 2.24) is 9.80 Å². The number of β-amino-alcohol motifs (C(OH)–C–C–N with tert-alkyl or cyclic N) is 2. The van der Waals surface area contributed by atoms with Gasteiger partial charge in [-0.2, -0.15) is 0 Å². The number of rotatable bonds is 10. The Kier molecular flexibility index (Phi) is 19.8. The van der Waals surface area contributed by atoms with Crippen molar-refractivity contribution in [3.63, 3.8) is 0 Å². The Morgan fingerprint density at radius 2 is 1.40 bits per heavy atom. The van der Waals surface area contributed by atoms with Gasteiger partial charge in [-0.1, -0.05) is 55.3 Å². The van der Waals surface area contributed by atoms with E-state index in [0.717, 1.165) is 38.3 Å². The molecule has 7 nitrogen and oxygen atoms in total. The van der Waals surface area contributed by atoms with Gasteiger partial charge in [-0.15, -0.1) is 36.4 Å². The number of aliphatic hydroxyl groups excluding tert-OH is 2. The van der Waals surface area contributed by atoms with E-state index in [1.807, 2.05) is 37.3 Å². The summed E-state index contributed by atoms with van der Waals surface area (Å²) < 4.78 is 0. The number of hydrogen-bond donors (Lipinski definition) is 3. The lowest BCUT2D eigenvalue weighted by Gasteiger charge is -2.28. The fourth-order valence-electron chi connectivity index (χ4n) is 4.17. The predicted octanol–water partition coefficient (Wildman–Crippen LogP) is 3.84. The van der Waals surface area contributed by atoms with E-state index in [-0.39, 0.29) is 43.4 Å². The Hall–Kier alpha value is -0.800. The molecule has 3 unspecified atom stereocenters. The minimum absolute atomic E-state index is 0. The molecule has 2 aliphatic rings. The van der Waals surface area contributed by atoms with Gasteiger partial charge in [0.25, 0.3) is 0 Å². The van der Waals surface area contributed by atoms with E-state index >= 15 is 0 Å². The van der Waals surface area contributed by atoms with Crippen LogP contribution in [0.5, 0.6) is 0 Å². The zero-order valence-electron chi connectivity index (χ0n) is 20.9. The average molecular weight is 556 g/mol. The lowest BCUT2D eigenvalue weighted by molar-refractivity contribution is 0.0154. The molecule has 0 saturated carbocycles. The van der Waals surface area contributed by atoms with Gasteiger partial charge in [0.05, 0.1) is 6.10 Å². The van der Waals surface area contributed by atoms with Crippen LogP contribution in [0.4, 0.5) is 0 Å². The van der Waals surface area contributed by atoms with Gasteiger partial charge in [0.15, 0.2) is 0 Å². The number of nitrogens with zero attached hydrogens (tertiary/aromatic N) is 3. The molecule has 35 heavy (non-hydrogen) atoms. The normalized spacial score (nSPS) is 19.7. The lowest BCUT2D eigenvalue weighted by atomic mass is 10.0. The number of aliphatic hydroxyl groups is 2. The molecule has 2 aliphatic heterocycles. The second kappa shape index (κ2) is 20.3. The Labute approximate surface area is 228 Å². The van der Waals surface area contributed by atoms with Gasteiger partial charge in [-0.3, -0.25) is 0 Å². The molecular weight excluding hydrogens is 511 g/mol. The van der Waals surface area contributed by atoms with E-state index < -0.39 is 6.10 Å². The molecule has 3 atom stereocenters. The van der Waals surface area contributed by atoms with E-state index in [2.05, 4.69) is 15.0 Å². The Morgan fingerprint density at radius 1 is 0.914 bits per heavy atom. The summed E-state index contributed by atoms with van der Waals surface area (Å²) in [6, 6.07) is 9.94. The Bertz CT molecular complexity index is 661. The molecule has 0 aromatic heterocycles. The standard InChI is InChI=1S/C17H27N3O2.C8H16ClNO.2ClH/c1-14(15-8-4-2-5-9-15)17(18)19-22-13-16(21)12-20-10-6-3-7-11-20;9-6-8(11)7-10-4-2-1-3-5-10;;/h2,4-5,8-9,14,16,21H,3,6-7,10-13H2,1H3,(H2,18,19);8,11H,1-7H2;2*1H. The first-order valence-corrected chi connectivity index (χ1v) is 12.9. The molecule has 3 rings (SSSR count). The first-order chi connectivity index (χ1) is 16.0. The molecule has 2 heterocycles. The van der Waals surface area contributed by atoms with Crippen LogP contribution < -0.4 is 5.73 Å². The summed E-state index contributed by atoms with van der Waals surface area (Å²) in [6.07, 6.45) is 6.75. The summed E-state index contributed by atoms with van der Waals surface area (Å²) in [6.45, 7) is 7.95. The van der Waals surface area contributed by atoms with Gasteiger partial charge < -0.3 is 30.6 Å². The van der Waals surface area contributed by atoms with Crippen LogP contribution in [0.1, 0.15) is 56.9 Å². The van der Waals surface area contributed by atoms with Gasteiger partial charge in [-0.05, 0) is 57.4 Å². The molecule has 1 aromatic carbocycles. The third-order valence-corrected chi connectivity index (χ3v) is 6.55. The summed E-state index contributed by atoms with van der Waals surface area (Å²) in [7, 11) is 0. The quantitative estimate of drug-likeness (QED) is 0.176. The van der Waals surface area contributed by atoms with Crippen LogP contribution in [0.2, 0.25) is 0 Å². The van der Waals surface area contributed by atoms with Crippen LogP contribution in [0.15, 0.2) is 35.5 Å². The number of likely N-dealkylation sites (tertiary alicyclic amines) is 2. The molecule has 204 valence electrons. The summed E-state index contributed by atoms with van der Waals surface area (Å²) in [5, 5.41) is 23.2. The summed E-state index contributed by atoms with van der Waals surface area (Å²) in [5.74, 6) is 0.785. The zero-order chi connectivity index (χ0) is 23.9. The highest BCUT2D eigenvalue weighted by Crippen LogP contribution is 2.15. The topological polar surface area (TPSA) is 94.5 Å². The SMILES string of the molecule is CC(C(N)=NOCC(O)CN1CCCCC1)c1ccccc1.Cl.Cl.OC(CCl)CN1CCCCC1. The van der Waals surface area contributed by atoms with E-state index in [4.69, 9.17) is 22.2 Å². The number of halogens is 3.